The van der Waals surface area contributed by atoms with E-state index in [0.29, 0.717) is 18.9 Å². The Kier molecular flexibility index (Phi) is 3.39. The van der Waals surface area contributed by atoms with Crippen molar-refractivity contribution in [3.63, 3.8) is 0 Å². The zero-order valence-corrected chi connectivity index (χ0v) is 10.6. The second-order valence-corrected chi connectivity index (χ2v) is 5.14. The first-order chi connectivity index (χ1) is 8.52. The Morgan fingerprint density at radius 1 is 1.39 bits per heavy atom. The predicted molar refractivity (Wildman–Crippen MR) is 60.8 cm³/mol. The zero-order valence-electron chi connectivity index (χ0n) is 9.76. The summed E-state index contributed by atoms with van der Waals surface area (Å²) in [6.07, 6.45) is 3.65. The summed E-state index contributed by atoms with van der Waals surface area (Å²) in [6.45, 7) is 2.69. The molecule has 0 atom stereocenters. The standard InChI is InChI=1S/C8H13N7O2S/c1-2-3-15-7(4-14-6-10-5-11-14)12-13-8(15)18(9,16)17/h5-6H,2-4H2,1H3,(H2,9,16,17). The second-order valence-electron chi connectivity index (χ2n) is 3.69. The fourth-order valence-electron chi connectivity index (χ4n) is 1.55. The summed E-state index contributed by atoms with van der Waals surface area (Å²) in [7, 11) is -3.87. The summed E-state index contributed by atoms with van der Waals surface area (Å²) in [4.78, 5) is 3.80. The van der Waals surface area contributed by atoms with Crippen molar-refractivity contribution >= 4 is 10.0 Å². The lowest BCUT2D eigenvalue weighted by atomic mass is 10.4. The normalized spacial score (nSPS) is 11.9. The zero-order chi connectivity index (χ0) is 13.2. The Hall–Kier alpha value is -1.81. The van der Waals surface area contributed by atoms with E-state index in [2.05, 4.69) is 20.3 Å². The van der Waals surface area contributed by atoms with Crippen molar-refractivity contribution in [2.24, 2.45) is 5.14 Å². The molecule has 0 spiro atoms. The fraction of sp³-hybridized carbons (Fsp3) is 0.500. The molecule has 98 valence electrons. The Labute approximate surface area is 104 Å². The van der Waals surface area contributed by atoms with Crippen LogP contribution in [0.1, 0.15) is 19.2 Å². The Balaban J connectivity index is 2.39. The lowest BCUT2D eigenvalue weighted by Gasteiger charge is -2.07. The number of aromatic nitrogens is 6. The number of hydrogen-bond acceptors (Lipinski definition) is 6. The van der Waals surface area contributed by atoms with Crippen LogP contribution >= 0.6 is 0 Å². The molecule has 10 heteroatoms. The van der Waals surface area contributed by atoms with Gasteiger partial charge in [-0.2, -0.15) is 5.10 Å². The fourth-order valence-corrected chi connectivity index (χ4v) is 2.21. The first-order valence-electron chi connectivity index (χ1n) is 5.29. The van der Waals surface area contributed by atoms with Crippen LogP contribution in [0, 0.1) is 0 Å². The van der Waals surface area contributed by atoms with Gasteiger partial charge in [0.05, 0.1) is 0 Å². The van der Waals surface area contributed by atoms with Crippen molar-refractivity contribution < 1.29 is 8.42 Å². The van der Waals surface area contributed by atoms with Gasteiger partial charge in [0.25, 0.3) is 15.2 Å². The van der Waals surface area contributed by atoms with Crippen LogP contribution < -0.4 is 5.14 Å². The molecular weight excluding hydrogens is 258 g/mol. The molecule has 0 aliphatic rings. The van der Waals surface area contributed by atoms with Crippen LogP contribution in [0.4, 0.5) is 0 Å². The van der Waals surface area contributed by atoms with Gasteiger partial charge in [0, 0.05) is 6.54 Å². The Morgan fingerprint density at radius 2 is 2.17 bits per heavy atom. The third kappa shape index (κ3) is 2.54. The minimum absolute atomic E-state index is 0.223. The maximum atomic E-state index is 11.4. The molecule has 2 N–H and O–H groups in total. The average Bonchev–Trinajstić information content (AvgIpc) is 2.89. The van der Waals surface area contributed by atoms with Crippen molar-refractivity contribution in [3.05, 3.63) is 18.5 Å². The third-order valence-electron chi connectivity index (χ3n) is 2.27. The lowest BCUT2D eigenvalue weighted by molar-refractivity contribution is 0.533. The Morgan fingerprint density at radius 3 is 2.72 bits per heavy atom. The van der Waals surface area contributed by atoms with E-state index in [1.807, 2.05) is 6.92 Å². The molecule has 0 saturated heterocycles. The SMILES string of the molecule is CCCn1c(Cn2cncn2)nnc1S(N)(=O)=O. The molecule has 18 heavy (non-hydrogen) atoms. The van der Waals surface area contributed by atoms with E-state index in [-0.39, 0.29) is 5.16 Å². The minimum Gasteiger partial charge on any atom is -0.299 e. The van der Waals surface area contributed by atoms with Gasteiger partial charge in [-0.3, -0.25) is 4.57 Å². The molecule has 0 aliphatic carbocycles. The molecule has 0 aromatic carbocycles. The van der Waals surface area contributed by atoms with Crippen molar-refractivity contribution in [1.29, 1.82) is 0 Å². The van der Waals surface area contributed by atoms with Gasteiger partial charge in [-0.15, -0.1) is 10.2 Å². The van der Waals surface area contributed by atoms with Crippen LogP contribution in [0.15, 0.2) is 17.8 Å². The summed E-state index contributed by atoms with van der Waals surface area (Å²) >= 11 is 0. The van der Waals surface area contributed by atoms with Crippen LogP contribution in [-0.2, 0) is 23.1 Å². The predicted octanol–water partition coefficient (Wildman–Crippen LogP) is -1.02. The summed E-state index contributed by atoms with van der Waals surface area (Å²) < 4.78 is 25.7. The topological polar surface area (TPSA) is 122 Å². The highest BCUT2D eigenvalue weighted by atomic mass is 32.2. The first-order valence-corrected chi connectivity index (χ1v) is 6.84. The van der Waals surface area contributed by atoms with Crippen LogP contribution in [0.2, 0.25) is 0 Å². The average molecular weight is 271 g/mol. The van der Waals surface area contributed by atoms with E-state index >= 15 is 0 Å². The van der Waals surface area contributed by atoms with E-state index in [1.54, 1.807) is 0 Å². The smallest absolute Gasteiger partial charge is 0.273 e. The van der Waals surface area contributed by atoms with Gasteiger partial charge in [-0.25, -0.2) is 23.2 Å². The number of hydrogen-bond donors (Lipinski definition) is 1. The summed E-state index contributed by atoms with van der Waals surface area (Å²) in [5.74, 6) is 0.478. The first kappa shape index (κ1) is 12.6. The van der Waals surface area contributed by atoms with Gasteiger partial charge in [0.2, 0.25) is 0 Å². The molecular formula is C8H13N7O2S. The van der Waals surface area contributed by atoms with Crippen molar-refractivity contribution in [1.82, 2.24) is 29.5 Å². The van der Waals surface area contributed by atoms with Crippen molar-refractivity contribution in [2.75, 3.05) is 0 Å². The van der Waals surface area contributed by atoms with E-state index in [1.165, 1.54) is 21.9 Å². The van der Waals surface area contributed by atoms with E-state index < -0.39 is 10.0 Å². The number of nitrogens with zero attached hydrogens (tertiary/aromatic N) is 6. The Bertz CT molecular complexity index is 616. The van der Waals surface area contributed by atoms with Crippen LogP contribution in [0.5, 0.6) is 0 Å². The molecule has 2 heterocycles. The minimum atomic E-state index is -3.87. The molecule has 2 aromatic heterocycles. The van der Waals surface area contributed by atoms with Crippen molar-refractivity contribution in [2.45, 2.75) is 31.6 Å². The van der Waals surface area contributed by atoms with Crippen LogP contribution in [-0.4, -0.2) is 37.9 Å². The van der Waals surface area contributed by atoms with Gasteiger partial charge < -0.3 is 0 Å². The number of primary sulfonamides is 1. The molecule has 0 saturated carbocycles. The maximum absolute atomic E-state index is 11.4. The van der Waals surface area contributed by atoms with E-state index in [9.17, 15) is 8.42 Å². The van der Waals surface area contributed by atoms with E-state index in [4.69, 9.17) is 5.14 Å². The molecule has 0 fully saturated rings. The quantitative estimate of drug-likeness (QED) is 0.742. The highest BCUT2D eigenvalue weighted by molar-refractivity contribution is 7.89. The summed E-state index contributed by atoms with van der Waals surface area (Å²) in [6, 6.07) is 0. The van der Waals surface area contributed by atoms with Crippen molar-refractivity contribution in [3.8, 4) is 0 Å². The van der Waals surface area contributed by atoms with Gasteiger partial charge in [0.1, 0.15) is 19.2 Å². The molecule has 9 nitrogen and oxygen atoms in total. The third-order valence-corrected chi connectivity index (χ3v) is 3.08. The molecule has 0 amide bonds. The van der Waals surface area contributed by atoms with Crippen LogP contribution in [0.25, 0.3) is 0 Å². The monoisotopic (exact) mass is 271 g/mol. The van der Waals surface area contributed by atoms with Gasteiger partial charge in [0.15, 0.2) is 5.82 Å². The van der Waals surface area contributed by atoms with Gasteiger partial charge >= 0.3 is 0 Å². The van der Waals surface area contributed by atoms with E-state index in [0.717, 1.165) is 6.42 Å². The number of sulfonamides is 1. The largest absolute Gasteiger partial charge is 0.299 e. The molecule has 0 bridgehead atoms. The highest BCUT2D eigenvalue weighted by Crippen LogP contribution is 2.09. The highest BCUT2D eigenvalue weighted by Gasteiger charge is 2.20. The number of rotatable bonds is 5. The second kappa shape index (κ2) is 4.82. The maximum Gasteiger partial charge on any atom is 0.273 e. The summed E-state index contributed by atoms with van der Waals surface area (Å²) in [5.41, 5.74) is 0. The molecule has 2 rings (SSSR count). The lowest BCUT2D eigenvalue weighted by Crippen LogP contribution is -2.20. The summed E-state index contributed by atoms with van der Waals surface area (Å²) in [5, 5.41) is 16.3. The van der Waals surface area contributed by atoms with Crippen LogP contribution in [0.3, 0.4) is 0 Å². The molecule has 0 unspecified atom stereocenters. The molecule has 0 aliphatic heterocycles. The molecule has 0 radical (unpaired) electrons. The number of nitrogens with two attached hydrogens (primary N) is 1. The van der Waals surface area contributed by atoms with Gasteiger partial charge in [-0.05, 0) is 6.42 Å². The molecule has 2 aromatic rings. The van der Waals surface area contributed by atoms with Gasteiger partial charge in [-0.1, -0.05) is 6.92 Å².